The van der Waals surface area contributed by atoms with Crippen molar-refractivity contribution in [3.05, 3.63) is 58.0 Å². The number of nitro groups is 1. The molecule has 0 radical (unpaired) electrons. The van der Waals surface area contributed by atoms with Crippen LogP contribution >= 0.6 is 0 Å². The van der Waals surface area contributed by atoms with Crippen LogP contribution in [0.3, 0.4) is 0 Å². The fraction of sp³-hybridized carbons (Fsp3) is 0.154. The van der Waals surface area contributed by atoms with Crippen molar-refractivity contribution >= 4 is 17.5 Å². The van der Waals surface area contributed by atoms with E-state index in [1.54, 1.807) is 18.5 Å². The van der Waals surface area contributed by atoms with E-state index in [9.17, 15) is 14.9 Å². The Kier molecular flexibility index (Phi) is 4.39. The van der Waals surface area contributed by atoms with Crippen LogP contribution in [0, 0.1) is 10.1 Å². The molecule has 2 aromatic heterocycles. The van der Waals surface area contributed by atoms with Gasteiger partial charge in [0.15, 0.2) is 5.69 Å². The molecule has 0 saturated carbocycles. The Morgan fingerprint density at radius 2 is 2.19 bits per heavy atom. The molecule has 0 spiro atoms. The van der Waals surface area contributed by atoms with Crippen molar-refractivity contribution in [2.75, 3.05) is 11.9 Å². The van der Waals surface area contributed by atoms with E-state index >= 15 is 0 Å². The summed E-state index contributed by atoms with van der Waals surface area (Å²) >= 11 is 0. The normalized spacial score (nSPS) is 10.1. The summed E-state index contributed by atoms with van der Waals surface area (Å²) in [6.07, 6.45) is 3.93. The Balaban J connectivity index is 2.12. The Morgan fingerprint density at radius 3 is 2.81 bits per heavy atom. The third-order valence-electron chi connectivity index (χ3n) is 2.72. The molecule has 0 saturated heterocycles. The maximum atomic E-state index is 10.9. The van der Waals surface area contributed by atoms with Crippen molar-refractivity contribution in [1.82, 2.24) is 9.97 Å². The number of hydrogen-bond acceptors (Lipinski definition) is 6. The Morgan fingerprint density at radius 1 is 1.38 bits per heavy atom. The summed E-state index contributed by atoms with van der Waals surface area (Å²) in [7, 11) is 0. The predicted octanol–water partition coefficient (Wildman–Crippen LogP) is 1.74. The summed E-state index contributed by atoms with van der Waals surface area (Å²) in [6, 6.07) is 5.90. The molecule has 2 rings (SSSR count). The van der Waals surface area contributed by atoms with E-state index in [0.29, 0.717) is 13.0 Å². The van der Waals surface area contributed by atoms with Crippen LogP contribution in [0.2, 0.25) is 0 Å². The Hall–Kier alpha value is -3.03. The summed E-state index contributed by atoms with van der Waals surface area (Å²) in [4.78, 5) is 28.9. The SMILES string of the molecule is O=C(O)c1ccc([N+](=O)[O-])c(NCCc2cccnc2)n1. The van der Waals surface area contributed by atoms with Crippen LogP contribution in [0.25, 0.3) is 0 Å². The first-order chi connectivity index (χ1) is 10.1. The molecule has 2 aromatic rings. The van der Waals surface area contributed by atoms with Gasteiger partial charge in [0.25, 0.3) is 0 Å². The first-order valence-electron chi connectivity index (χ1n) is 6.09. The molecule has 21 heavy (non-hydrogen) atoms. The second-order valence-electron chi connectivity index (χ2n) is 4.16. The lowest BCUT2D eigenvalue weighted by Gasteiger charge is -2.07. The summed E-state index contributed by atoms with van der Waals surface area (Å²) in [5.41, 5.74) is 0.456. The molecule has 0 unspecified atom stereocenters. The van der Waals surface area contributed by atoms with Gasteiger partial charge in [-0.15, -0.1) is 0 Å². The fourth-order valence-corrected chi connectivity index (χ4v) is 1.72. The van der Waals surface area contributed by atoms with Gasteiger partial charge >= 0.3 is 11.7 Å². The van der Waals surface area contributed by atoms with Gasteiger partial charge in [-0.1, -0.05) is 6.07 Å². The second kappa shape index (κ2) is 6.42. The lowest BCUT2D eigenvalue weighted by atomic mass is 10.2. The summed E-state index contributed by atoms with van der Waals surface area (Å²) in [5.74, 6) is -1.29. The molecule has 0 amide bonds. The van der Waals surface area contributed by atoms with Gasteiger partial charge in [-0.25, -0.2) is 9.78 Å². The second-order valence-corrected chi connectivity index (χ2v) is 4.16. The molecule has 0 aromatic carbocycles. The van der Waals surface area contributed by atoms with Crippen molar-refractivity contribution in [3.63, 3.8) is 0 Å². The van der Waals surface area contributed by atoms with E-state index in [-0.39, 0.29) is 17.2 Å². The van der Waals surface area contributed by atoms with Gasteiger partial charge in [0, 0.05) is 25.0 Å². The largest absolute Gasteiger partial charge is 0.477 e. The van der Waals surface area contributed by atoms with E-state index in [4.69, 9.17) is 5.11 Å². The molecule has 0 aliphatic rings. The molecule has 108 valence electrons. The summed E-state index contributed by atoms with van der Waals surface area (Å²) < 4.78 is 0. The van der Waals surface area contributed by atoms with Gasteiger partial charge in [0.05, 0.1) is 4.92 Å². The lowest BCUT2D eigenvalue weighted by molar-refractivity contribution is -0.384. The third-order valence-corrected chi connectivity index (χ3v) is 2.72. The number of carboxylic acids is 1. The number of rotatable bonds is 6. The van der Waals surface area contributed by atoms with Gasteiger partial charge in [0.1, 0.15) is 0 Å². The van der Waals surface area contributed by atoms with E-state index in [0.717, 1.165) is 17.7 Å². The molecule has 2 N–H and O–H groups in total. The first-order valence-corrected chi connectivity index (χ1v) is 6.09. The number of hydrogen-bond donors (Lipinski definition) is 2. The van der Waals surface area contributed by atoms with Crippen LogP contribution < -0.4 is 5.32 Å². The Bertz CT molecular complexity index is 660. The minimum atomic E-state index is -1.24. The maximum absolute atomic E-state index is 10.9. The van der Waals surface area contributed by atoms with E-state index in [1.807, 2.05) is 6.07 Å². The molecular weight excluding hydrogens is 276 g/mol. The van der Waals surface area contributed by atoms with Crippen LogP contribution in [0.5, 0.6) is 0 Å². The van der Waals surface area contributed by atoms with Crippen molar-refractivity contribution in [2.24, 2.45) is 0 Å². The van der Waals surface area contributed by atoms with Gasteiger partial charge in [-0.3, -0.25) is 15.1 Å². The highest BCUT2D eigenvalue weighted by Crippen LogP contribution is 2.22. The zero-order valence-electron chi connectivity index (χ0n) is 10.9. The Labute approximate surface area is 119 Å². The van der Waals surface area contributed by atoms with Crippen LogP contribution in [-0.4, -0.2) is 32.5 Å². The number of carboxylic acid groups (broad SMARTS) is 1. The van der Waals surface area contributed by atoms with Crippen LogP contribution in [0.4, 0.5) is 11.5 Å². The molecule has 0 atom stereocenters. The summed E-state index contributed by atoms with van der Waals surface area (Å²) in [6.45, 7) is 0.378. The zero-order valence-corrected chi connectivity index (χ0v) is 10.9. The molecule has 8 nitrogen and oxygen atoms in total. The standard InChI is InChI=1S/C13H12N4O4/c18-13(19)10-3-4-11(17(20)21)12(16-10)15-7-5-9-2-1-6-14-8-9/h1-4,6,8H,5,7H2,(H,15,16)(H,18,19). The quantitative estimate of drug-likeness (QED) is 0.613. The molecule has 8 heteroatoms. The summed E-state index contributed by atoms with van der Waals surface area (Å²) in [5, 5.41) is 22.6. The molecule has 0 fully saturated rings. The minimum absolute atomic E-state index is 0.0520. The fourth-order valence-electron chi connectivity index (χ4n) is 1.72. The first kappa shape index (κ1) is 14.4. The van der Waals surface area contributed by atoms with E-state index < -0.39 is 10.9 Å². The number of aromatic nitrogens is 2. The van der Waals surface area contributed by atoms with Gasteiger partial charge < -0.3 is 10.4 Å². The predicted molar refractivity (Wildman–Crippen MR) is 74.3 cm³/mol. The van der Waals surface area contributed by atoms with Gasteiger partial charge in [-0.2, -0.15) is 0 Å². The lowest BCUT2D eigenvalue weighted by Crippen LogP contribution is -2.11. The number of pyridine rings is 2. The topological polar surface area (TPSA) is 118 Å². The molecule has 0 aliphatic heterocycles. The third kappa shape index (κ3) is 3.72. The van der Waals surface area contributed by atoms with Crippen molar-refractivity contribution < 1.29 is 14.8 Å². The maximum Gasteiger partial charge on any atom is 0.354 e. The van der Waals surface area contributed by atoms with Gasteiger partial charge in [0.2, 0.25) is 5.82 Å². The number of nitrogens with zero attached hydrogens (tertiary/aromatic N) is 3. The van der Waals surface area contributed by atoms with Crippen LogP contribution in [-0.2, 0) is 6.42 Å². The average molecular weight is 288 g/mol. The van der Waals surface area contributed by atoms with Crippen molar-refractivity contribution in [2.45, 2.75) is 6.42 Å². The van der Waals surface area contributed by atoms with E-state index in [2.05, 4.69) is 15.3 Å². The molecular formula is C13H12N4O4. The number of anilines is 1. The number of nitrogens with one attached hydrogen (secondary N) is 1. The monoisotopic (exact) mass is 288 g/mol. The molecule has 0 aliphatic carbocycles. The van der Waals surface area contributed by atoms with Crippen LogP contribution in [0.15, 0.2) is 36.7 Å². The number of carbonyl (C=O) groups is 1. The molecule has 2 heterocycles. The zero-order chi connectivity index (χ0) is 15.2. The minimum Gasteiger partial charge on any atom is -0.477 e. The highest BCUT2D eigenvalue weighted by Gasteiger charge is 2.17. The van der Waals surface area contributed by atoms with Crippen LogP contribution in [0.1, 0.15) is 16.1 Å². The van der Waals surface area contributed by atoms with Crippen molar-refractivity contribution in [1.29, 1.82) is 0 Å². The van der Waals surface area contributed by atoms with Crippen molar-refractivity contribution in [3.8, 4) is 0 Å². The average Bonchev–Trinajstić information content (AvgIpc) is 2.48. The molecule has 0 bridgehead atoms. The highest BCUT2D eigenvalue weighted by atomic mass is 16.6. The number of aromatic carboxylic acids is 1. The highest BCUT2D eigenvalue weighted by molar-refractivity contribution is 5.86. The smallest absolute Gasteiger partial charge is 0.354 e. The van der Waals surface area contributed by atoms with Gasteiger partial charge in [-0.05, 0) is 24.1 Å². The van der Waals surface area contributed by atoms with E-state index in [1.165, 1.54) is 0 Å².